The van der Waals surface area contributed by atoms with Gasteiger partial charge in [0.05, 0.1) is 6.42 Å². The molecule has 0 radical (unpaired) electrons. The molecule has 0 spiro atoms. The molecule has 0 saturated carbocycles. The maximum atomic E-state index is 12.9. The van der Waals surface area contributed by atoms with Crippen LogP contribution < -0.4 is 11.1 Å². The zero-order valence-corrected chi connectivity index (χ0v) is 20.3. The number of carbonyl (C=O) groups excluding carboxylic acids is 3. The summed E-state index contributed by atoms with van der Waals surface area (Å²) in [4.78, 5) is 37.5. The maximum absolute atomic E-state index is 12.9. The molecule has 0 bridgehead atoms. The van der Waals surface area contributed by atoms with E-state index in [-0.39, 0.29) is 44.2 Å². The number of nitrogens with zero attached hydrogens (tertiary/aromatic N) is 1. The lowest BCUT2D eigenvalue weighted by molar-refractivity contribution is -0.158. The molecule has 0 unspecified atom stereocenters. The number of nitrogens with one attached hydrogen (secondary N) is 1. The Hall–Kier alpha value is -3.88. The molecule has 188 valence electrons. The van der Waals surface area contributed by atoms with Gasteiger partial charge in [-0.2, -0.15) is 0 Å². The lowest BCUT2D eigenvalue weighted by Crippen LogP contribution is -2.34. The van der Waals surface area contributed by atoms with Gasteiger partial charge in [-0.15, -0.1) is 0 Å². The molecule has 0 aliphatic rings. The number of hydrogen-bond acceptors (Lipinski definition) is 7. The van der Waals surface area contributed by atoms with Crippen LogP contribution in [-0.2, 0) is 37.0 Å². The normalized spacial score (nSPS) is 12.5. The number of hydrogen-bond donors (Lipinski definition) is 3. The van der Waals surface area contributed by atoms with E-state index in [1.54, 1.807) is 45.0 Å². The zero-order chi connectivity index (χ0) is 25.8. The highest BCUT2D eigenvalue weighted by atomic mass is 16.6. The van der Waals surface area contributed by atoms with E-state index in [9.17, 15) is 14.4 Å². The Morgan fingerprint density at radius 3 is 2.26 bits per heavy atom. The fourth-order valence-electron chi connectivity index (χ4n) is 3.20. The third-order valence-corrected chi connectivity index (χ3v) is 4.97. The lowest BCUT2D eigenvalue weighted by Gasteiger charge is -2.22. The predicted molar refractivity (Wildman–Crippen MR) is 130 cm³/mol. The Morgan fingerprint density at radius 1 is 1.00 bits per heavy atom. The fraction of sp³-hybridized carbons (Fsp3) is 0.385. The fourth-order valence-corrected chi connectivity index (χ4v) is 3.20. The Balaban J connectivity index is 1.96. The third kappa shape index (κ3) is 10.3. The number of oxime groups is 1. The first kappa shape index (κ1) is 27.4. The van der Waals surface area contributed by atoms with Gasteiger partial charge in [-0.3, -0.25) is 14.4 Å². The largest absolute Gasteiger partial charge is 0.461 e. The van der Waals surface area contributed by atoms with Crippen molar-refractivity contribution in [1.82, 2.24) is 5.32 Å². The molecule has 9 nitrogen and oxygen atoms in total. The molecule has 2 aromatic rings. The van der Waals surface area contributed by atoms with Crippen LogP contribution in [0.1, 0.15) is 56.7 Å². The highest BCUT2D eigenvalue weighted by Crippen LogP contribution is 2.18. The van der Waals surface area contributed by atoms with Crippen molar-refractivity contribution in [2.45, 2.75) is 58.8 Å². The first-order chi connectivity index (χ1) is 16.6. The molecule has 0 aromatic heterocycles. The number of rotatable bonds is 11. The highest BCUT2D eigenvalue weighted by Gasteiger charge is 2.26. The number of ether oxygens (including phenoxy) is 2. The molecule has 2 aromatic carbocycles. The zero-order valence-electron chi connectivity index (χ0n) is 20.3. The molecular weight excluding hydrogens is 450 g/mol. The van der Waals surface area contributed by atoms with Crippen molar-refractivity contribution in [2.24, 2.45) is 16.8 Å². The van der Waals surface area contributed by atoms with Gasteiger partial charge in [-0.05, 0) is 38.3 Å². The molecule has 1 amide bonds. The SMILES string of the molecule is CC(C)(C)OC(=O)C[C@@H](CCC(=O)OCc1ccccc1)C(=O)NCc1ccc(/C(N)=N\O)cc1. The van der Waals surface area contributed by atoms with Gasteiger partial charge in [0.1, 0.15) is 12.2 Å². The summed E-state index contributed by atoms with van der Waals surface area (Å²) >= 11 is 0. The molecular formula is C26H33N3O6. The van der Waals surface area contributed by atoms with Crippen LogP contribution >= 0.6 is 0 Å². The molecule has 0 fully saturated rings. The van der Waals surface area contributed by atoms with Crippen LogP contribution in [0, 0.1) is 5.92 Å². The Morgan fingerprint density at radius 2 is 1.66 bits per heavy atom. The molecule has 0 aliphatic carbocycles. The van der Waals surface area contributed by atoms with Crippen LogP contribution in [0.3, 0.4) is 0 Å². The van der Waals surface area contributed by atoms with Crippen molar-refractivity contribution >= 4 is 23.7 Å². The van der Waals surface area contributed by atoms with E-state index in [1.807, 2.05) is 30.3 Å². The average molecular weight is 484 g/mol. The van der Waals surface area contributed by atoms with E-state index < -0.39 is 23.5 Å². The molecule has 9 heteroatoms. The van der Waals surface area contributed by atoms with Gasteiger partial charge >= 0.3 is 11.9 Å². The minimum absolute atomic E-state index is 0.0117. The number of benzene rings is 2. The van der Waals surface area contributed by atoms with Crippen LogP contribution in [0.2, 0.25) is 0 Å². The van der Waals surface area contributed by atoms with E-state index in [0.29, 0.717) is 5.56 Å². The number of carbonyl (C=O) groups is 3. The number of nitrogens with two attached hydrogens (primary N) is 1. The number of amidine groups is 1. The first-order valence-electron chi connectivity index (χ1n) is 11.3. The van der Waals surface area contributed by atoms with Crippen molar-refractivity contribution in [3.05, 3.63) is 71.3 Å². The summed E-state index contributed by atoms with van der Waals surface area (Å²) in [6.45, 7) is 5.60. The molecule has 2 rings (SSSR count). The smallest absolute Gasteiger partial charge is 0.307 e. The first-order valence-corrected chi connectivity index (χ1v) is 11.3. The predicted octanol–water partition coefficient (Wildman–Crippen LogP) is 3.27. The number of esters is 2. The Labute approximate surface area is 205 Å². The van der Waals surface area contributed by atoms with E-state index >= 15 is 0 Å². The van der Waals surface area contributed by atoms with Crippen LogP contribution in [0.4, 0.5) is 0 Å². The van der Waals surface area contributed by atoms with E-state index in [0.717, 1.165) is 11.1 Å². The van der Waals surface area contributed by atoms with E-state index in [4.69, 9.17) is 20.4 Å². The molecule has 1 atom stereocenters. The van der Waals surface area contributed by atoms with Gasteiger partial charge in [0.25, 0.3) is 0 Å². The van der Waals surface area contributed by atoms with Gasteiger partial charge in [0, 0.05) is 24.4 Å². The molecule has 4 N–H and O–H groups in total. The molecule has 35 heavy (non-hydrogen) atoms. The second kappa shape index (κ2) is 13.1. The minimum atomic E-state index is -0.759. The van der Waals surface area contributed by atoms with Gasteiger partial charge < -0.3 is 25.7 Å². The van der Waals surface area contributed by atoms with Crippen LogP contribution in [0.5, 0.6) is 0 Å². The second-order valence-electron chi connectivity index (χ2n) is 9.07. The van der Waals surface area contributed by atoms with Crippen LogP contribution in [-0.4, -0.2) is 34.5 Å². The summed E-state index contributed by atoms with van der Waals surface area (Å²) in [5.74, 6) is -2.11. The van der Waals surface area contributed by atoms with Crippen molar-refractivity contribution < 1.29 is 29.1 Å². The summed E-state index contributed by atoms with van der Waals surface area (Å²) in [6.07, 6.45) is -0.0270. The van der Waals surface area contributed by atoms with Gasteiger partial charge in [0.2, 0.25) is 5.91 Å². The molecule has 0 aliphatic heterocycles. The molecule has 0 saturated heterocycles. The molecule has 0 heterocycles. The van der Waals surface area contributed by atoms with Crippen molar-refractivity contribution in [1.29, 1.82) is 0 Å². The summed E-state index contributed by atoms with van der Waals surface area (Å²) in [7, 11) is 0. The number of amides is 1. The third-order valence-electron chi connectivity index (χ3n) is 4.97. The standard InChI is InChI=1S/C26H33N3O6/c1-26(2,3)35-23(31)15-21(13-14-22(30)34-17-19-7-5-4-6-8-19)25(32)28-16-18-9-11-20(12-10-18)24(27)29-33/h4-12,21,33H,13-17H2,1-3H3,(H2,27,29)(H,28,32)/t21-/m1/s1. The van der Waals surface area contributed by atoms with Crippen molar-refractivity contribution in [2.75, 3.05) is 0 Å². The van der Waals surface area contributed by atoms with Crippen molar-refractivity contribution in [3.63, 3.8) is 0 Å². The monoisotopic (exact) mass is 483 g/mol. The quantitative estimate of drug-likeness (QED) is 0.146. The second-order valence-corrected chi connectivity index (χ2v) is 9.07. The lowest BCUT2D eigenvalue weighted by atomic mass is 9.98. The summed E-state index contributed by atoms with van der Waals surface area (Å²) in [5.41, 5.74) is 7.06. The minimum Gasteiger partial charge on any atom is -0.461 e. The van der Waals surface area contributed by atoms with Crippen LogP contribution in [0.25, 0.3) is 0 Å². The highest BCUT2D eigenvalue weighted by molar-refractivity contribution is 5.97. The topological polar surface area (TPSA) is 140 Å². The van der Waals surface area contributed by atoms with Crippen molar-refractivity contribution in [3.8, 4) is 0 Å². The summed E-state index contributed by atoms with van der Waals surface area (Å²) < 4.78 is 10.6. The Kier molecular flexibility index (Phi) is 10.3. The van der Waals surface area contributed by atoms with Gasteiger partial charge in [0.15, 0.2) is 5.84 Å². The summed E-state index contributed by atoms with van der Waals surface area (Å²) in [5, 5.41) is 14.5. The van der Waals surface area contributed by atoms with Crippen LogP contribution in [0.15, 0.2) is 59.8 Å². The van der Waals surface area contributed by atoms with Gasteiger partial charge in [-0.1, -0.05) is 59.8 Å². The maximum Gasteiger partial charge on any atom is 0.307 e. The average Bonchev–Trinajstić information content (AvgIpc) is 2.83. The van der Waals surface area contributed by atoms with E-state index in [1.165, 1.54) is 0 Å². The van der Waals surface area contributed by atoms with Gasteiger partial charge in [-0.25, -0.2) is 0 Å². The summed E-state index contributed by atoms with van der Waals surface area (Å²) in [6, 6.07) is 16.1. The Bertz CT molecular complexity index is 1010. The van der Waals surface area contributed by atoms with E-state index in [2.05, 4.69) is 10.5 Å².